The molecule has 0 bridgehead atoms. The topological polar surface area (TPSA) is 60.5 Å². The molecule has 1 heterocycles. The lowest BCUT2D eigenvalue weighted by Gasteiger charge is -2.11. The van der Waals surface area contributed by atoms with Crippen LogP contribution in [0.15, 0.2) is 36.7 Å². The number of benzene rings is 1. The molecular formula is C19H24N2O3. The van der Waals surface area contributed by atoms with E-state index in [0.717, 1.165) is 17.5 Å². The molecular weight excluding hydrogens is 304 g/mol. The number of pyridine rings is 1. The standard InChI is InChI=1S/C19H24N2O3/c1-13(2)7-8-21-19(22)16-9-15(11-20-12-16)14-5-6-17(23-3)18(10-14)24-4/h5-6,9-13H,7-8H2,1-4H3,(H,21,22). The second-order valence-electron chi connectivity index (χ2n) is 5.97. The van der Waals surface area contributed by atoms with Gasteiger partial charge >= 0.3 is 0 Å². The third-order valence-corrected chi connectivity index (χ3v) is 3.72. The van der Waals surface area contributed by atoms with Crippen molar-refractivity contribution in [3.05, 3.63) is 42.2 Å². The zero-order chi connectivity index (χ0) is 17.5. The Kier molecular flexibility index (Phi) is 6.18. The molecule has 0 saturated heterocycles. The molecule has 1 amide bonds. The molecule has 2 rings (SSSR count). The molecule has 0 saturated carbocycles. The minimum absolute atomic E-state index is 0.106. The Hall–Kier alpha value is -2.56. The number of ether oxygens (including phenoxy) is 2. The van der Waals surface area contributed by atoms with E-state index in [1.165, 1.54) is 0 Å². The molecule has 5 nitrogen and oxygen atoms in total. The number of nitrogens with one attached hydrogen (secondary N) is 1. The summed E-state index contributed by atoms with van der Waals surface area (Å²) in [6, 6.07) is 7.46. The largest absolute Gasteiger partial charge is 0.493 e. The van der Waals surface area contributed by atoms with Gasteiger partial charge in [0.2, 0.25) is 0 Å². The number of hydrogen-bond donors (Lipinski definition) is 1. The second-order valence-corrected chi connectivity index (χ2v) is 5.97. The smallest absolute Gasteiger partial charge is 0.252 e. The Labute approximate surface area is 143 Å². The lowest BCUT2D eigenvalue weighted by atomic mass is 10.0. The zero-order valence-corrected chi connectivity index (χ0v) is 14.6. The summed E-state index contributed by atoms with van der Waals surface area (Å²) in [5.41, 5.74) is 2.32. The minimum Gasteiger partial charge on any atom is -0.493 e. The number of methoxy groups -OCH3 is 2. The lowest BCUT2D eigenvalue weighted by molar-refractivity contribution is 0.0951. The Morgan fingerprint density at radius 2 is 1.83 bits per heavy atom. The van der Waals surface area contributed by atoms with Gasteiger partial charge in [0.05, 0.1) is 19.8 Å². The van der Waals surface area contributed by atoms with Crippen LogP contribution >= 0.6 is 0 Å². The van der Waals surface area contributed by atoms with Crippen LogP contribution < -0.4 is 14.8 Å². The molecule has 1 N–H and O–H groups in total. The maximum absolute atomic E-state index is 12.2. The van der Waals surface area contributed by atoms with Crippen molar-refractivity contribution < 1.29 is 14.3 Å². The summed E-state index contributed by atoms with van der Waals surface area (Å²) < 4.78 is 10.6. The van der Waals surface area contributed by atoms with Crippen molar-refractivity contribution in [2.24, 2.45) is 5.92 Å². The summed E-state index contributed by atoms with van der Waals surface area (Å²) in [5, 5.41) is 2.93. The summed E-state index contributed by atoms with van der Waals surface area (Å²) in [6.07, 6.45) is 4.26. The molecule has 1 aromatic heterocycles. The Bertz CT molecular complexity index is 699. The van der Waals surface area contributed by atoms with Gasteiger partial charge in [-0.3, -0.25) is 9.78 Å². The van der Waals surface area contributed by atoms with Gasteiger partial charge in [0, 0.05) is 24.5 Å². The number of aromatic nitrogens is 1. The van der Waals surface area contributed by atoms with Crippen LogP contribution in [0.5, 0.6) is 11.5 Å². The van der Waals surface area contributed by atoms with Crippen molar-refractivity contribution in [3.8, 4) is 22.6 Å². The van der Waals surface area contributed by atoms with Gasteiger partial charge in [0.25, 0.3) is 5.91 Å². The van der Waals surface area contributed by atoms with E-state index in [0.29, 0.717) is 29.5 Å². The monoisotopic (exact) mass is 328 g/mol. The highest BCUT2D eigenvalue weighted by Gasteiger charge is 2.10. The molecule has 1 aromatic carbocycles. The molecule has 24 heavy (non-hydrogen) atoms. The fourth-order valence-electron chi connectivity index (χ4n) is 2.31. The van der Waals surface area contributed by atoms with Crippen LogP contribution in [0.4, 0.5) is 0 Å². The molecule has 5 heteroatoms. The highest BCUT2D eigenvalue weighted by Crippen LogP contribution is 2.32. The summed E-state index contributed by atoms with van der Waals surface area (Å²) in [4.78, 5) is 16.4. The van der Waals surface area contributed by atoms with Crippen molar-refractivity contribution >= 4 is 5.91 Å². The number of amides is 1. The third-order valence-electron chi connectivity index (χ3n) is 3.72. The molecule has 0 aliphatic carbocycles. The van der Waals surface area contributed by atoms with Crippen LogP contribution in [0.1, 0.15) is 30.6 Å². The highest BCUT2D eigenvalue weighted by atomic mass is 16.5. The van der Waals surface area contributed by atoms with Crippen LogP contribution in [-0.4, -0.2) is 31.7 Å². The van der Waals surface area contributed by atoms with Crippen molar-refractivity contribution in [3.63, 3.8) is 0 Å². The fraction of sp³-hybridized carbons (Fsp3) is 0.368. The summed E-state index contributed by atoms with van der Waals surface area (Å²) in [6.45, 7) is 4.92. The molecule has 0 atom stereocenters. The maximum atomic E-state index is 12.2. The van der Waals surface area contributed by atoms with E-state index in [1.807, 2.05) is 24.3 Å². The van der Waals surface area contributed by atoms with E-state index >= 15 is 0 Å². The van der Waals surface area contributed by atoms with Gasteiger partial charge in [0.1, 0.15) is 0 Å². The van der Waals surface area contributed by atoms with Crippen LogP contribution in [0.2, 0.25) is 0 Å². The molecule has 0 unspecified atom stereocenters. The Balaban J connectivity index is 2.19. The lowest BCUT2D eigenvalue weighted by Crippen LogP contribution is -2.25. The zero-order valence-electron chi connectivity index (χ0n) is 14.6. The van der Waals surface area contributed by atoms with Gasteiger partial charge in [-0.15, -0.1) is 0 Å². The van der Waals surface area contributed by atoms with E-state index in [1.54, 1.807) is 26.6 Å². The Morgan fingerprint density at radius 1 is 1.08 bits per heavy atom. The molecule has 0 fully saturated rings. The molecule has 0 spiro atoms. The van der Waals surface area contributed by atoms with Crippen LogP contribution in [0.3, 0.4) is 0 Å². The van der Waals surface area contributed by atoms with Gasteiger partial charge in [-0.2, -0.15) is 0 Å². The fourth-order valence-corrected chi connectivity index (χ4v) is 2.31. The van der Waals surface area contributed by atoms with E-state index in [4.69, 9.17) is 9.47 Å². The van der Waals surface area contributed by atoms with Crippen molar-refractivity contribution in [2.45, 2.75) is 20.3 Å². The first-order valence-electron chi connectivity index (χ1n) is 8.00. The van der Waals surface area contributed by atoms with E-state index in [9.17, 15) is 4.79 Å². The van der Waals surface area contributed by atoms with Gasteiger partial charge in [0.15, 0.2) is 11.5 Å². The molecule has 0 aliphatic heterocycles. The van der Waals surface area contributed by atoms with Gasteiger partial charge in [-0.1, -0.05) is 19.9 Å². The van der Waals surface area contributed by atoms with Crippen molar-refractivity contribution in [2.75, 3.05) is 20.8 Å². The maximum Gasteiger partial charge on any atom is 0.252 e. The first kappa shape index (κ1) is 17.8. The van der Waals surface area contributed by atoms with E-state index in [2.05, 4.69) is 24.1 Å². The minimum atomic E-state index is -0.106. The second kappa shape index (κ2) is 8.34. The molecule has 128 valence electrons. The highest BCUT2D eigenvalue weighted by molar-refractivity contribution is 5.95. The average Bonchev–Trinajstić information content (AvgIpc) is 2.60. The molecule has 2 aromatic rings. The summed E-state index contributed by atoms with van der Waals surface area (Å²) >= 11 is 0. The van der Waals surface area contributed by atoms with Gasteiger partial charge < -0.3 is 14.8 Å². The number of hydrogen-bond acceptors (Lipinski definition) is 4. The first-order chi connectivity index (χ1) is 11.5. The predicted octanol–water partition coefficient (Wildman–Crippen LogP) is 3.54. The SMILES string of the molecule is COc1ccc(-c2cncc(C(=O)NCCC(C)C)c2)cc1OC. The van der Waals surface area contributed by atoms with Crippen molar-refractivity contribution in [1.29, 1.82) is 0 Å². The van der Waals surface area contributed by atoms with E-state index in [-0.39, 0.29) is 5.91 Å². The Morgan fingerprint density at radius 3 is 2.50 bits per heavy atom. The quantitative estimate of drug-likeness (QED) is 0.844. The molecule has 0 radical (unpaired) electrons. The predicted molar refractivity (Wildman–Crippen MR) is 94.6 cm³/mol. The number of carbonyl (C=O) groups is 1. The number of nitrogens with zero attached hydrogens (tertiary/aromatic N) is 1. The van der Waals surface area contributed by atoms with E-state index < -0.39 is 0 Å². The van der Waals surface area contributed by atoms with Gasteiger partial charge in [-0.05, 0) is 36.1 Å². The first-order valence-corrected chi connectivity index (χ1v) is 8.00. The third kappa shape index (κ3) is 4.47. The van der Waals surface area contributed by atoms with Crippen molar-refractivity contribution in [1.82, 2.24) is 10.3 Å². The molecule has 0 aliphatic rings. The van der Waals surface area contributed by atoms with Crippen LogP contribution in [0.25, 0.3) is 11.1 Å². The summed E-state index contributed by atoms with van der Waals surface area (Å²) in [5.74, 6) is 1.76. The number of rotatable bonds is 7. The average molecular weight is 328 g/mol. The van der Waals surface area contributed by atoms with Gasteiger partial charge in [-0.25, -0.2) is 0 Å². The number of carbonyl (C=O) groups excluding carboxylic acids is 1. The van der Waals surface area contributed by atoms with Crippen LogP contribution in [-0.2, 0) is 0 Å². The normalized spacial score (nSPS) is 10.5. The summed E-state index contributed by atoms with van der Waals surface area (Å²) in [7, 11) is 3.19. The van der Waals surface area contributed by atoms with Crippen LogP contribution in [0, 0.1) is 5.92 Å².